The van der Waals surface area contributed by atoms with Crippen LogP contribution < -0.4 is 10.6 Å². The molecular weight excluding hydrogens is 207 g/mol. The van der Waals surface area contributed by atoms with Crippen LogP contribution in [0.4, 0.5) is 16.2 Å². The van der Waals surface area contributed by atoms with E-state index >= 15 is 0 Å². The van der Waals surface area contributed by atoms with E-state index in [2.05, 4.69) is 20.6 Å². The van der Waals surface area contributed by atoms with Crippen LogP contribution in [-0.4, -0.2) is 22.6 Å². The molecule has 1 aromatic heterocycles. The summed E-state index contributed by atoms with van der Waals surface area (Å²) in [5, 5.41) is 6.11. The first kappa shape index (κ1) is 11.1. The third-order valence-corrected chi connectivity index (χ3v) is 2.78. The van der Waals surface area contributed by atoms with Gasteiger partial charge in [0.15, 0.2) is 11.6 Å². The van der Waals surface area contributed by atoms with Gasteiger partial charge >= 0.3 is 0 Å². The van der Waals surface area contributed by atoms with Crippen molar-refractivity contribution >= 4 is 11.8 Å². The van der Waals surface area contributed by atoms with Crippen LogP contribution >= 0.6 is 0 Å². The number of anilines is 2. The zero-order valence-corrected chi connectivity index (χ0v) is 9.46. The standard InChI is InChI=1S/C11H17FN4/c1-2-13-11-14-7-9(12)10(16-11)15-8-5-3-4-6-8/h7-8H,2-6H2,1H3,(H2,13,14,15,16). The van der Waals surface area contributed by atoms with Gasteiger partial charge in [0.05, 0.1) is 6.20 Å². The third-order valence-electron chi connectivity index (χ3n) is 2.78. The molecule has 4 nitrogen and oxygen atoms in total. The van der Waals surface area contributed by atoms with E-state index in [4.69, 9.17) is 0 Å². The maximum Gasteiger partial charge on any atom is 0.224 e. The smallest absolute Gasteiger partial charge is 0.224 e. The lowest BCUT2D eigenvalue weighted by atomic mass is 10.2. The molecule has 1 aromatic rings. The highest BCUT2D eigenvalue weighted by molar-refractivity contribution is 5.41. The zero-order chi connectivity index (χ0) is 11.4. The van der Waals surface area contributed by atoms with Gasteiger partial charge in [0.2, 0.25) is 5.95 Å². The second-order valence-electron chi connectivity index (χ2n) is 4.05. The fourth-order valence-corrected chi connectivity index (χ4v) is 1.98. The number of nitrogens with one attached hydrogen (secondary N) is 2. The van der Waals surface area contributed by atoms with Gasteiger partial charge in [-0.15, -0.1) is 0 Å². The number of halogens is 1. The van der Waals surface area contributed by atoms with Crippen molar-refractivity contribution in [2.75, 3.05) is 17.2 Å². The molecule has 2 rings (SSSR count). The topological polar surface area (TPSA) is 49.8 Å². The summed E-state index contributed by atoms with van der Waals surface area (Å²) in [6.45, 7) is 2.69. The van der Waals surface area contributed by atoms with Crippen molar-refractivity contribution in [1.82, 2.24) is 9.97 Å². The van der Waals surface area contributed by atoms with E-state index in [1.54, 1.807) is 0 Å². The van der Waals surface area contributed by atoms with Crippen LogP contribution in [0.2, 0.25) is 0 Å². The lowest BCUT2D eigenvalue weighted by Gasteiger charge is -2.13. The van der Waals surface area contributed by atoms with Gasteiger partial charge in [0.25, 0.3) is 0 Å². The molecule has 88 valence electrons. The van der Waals surface area contributed by atoms with Gasteiger partial charge < -0.3 is 10.6 Å². The first-order chi connectivity index (χ1) is 7.79. The van der Waals surface area contributed by atoms with E-state index in [1.165, 1.54) is 19.0 Å². The highest BCUT2D eigenvalue weighted by atomic mass is 19.1. The van der Waals surface area contributed by atoms with Gasteiger partial charge in [-0.3, -0.25) is 0 Å². The van der Waals surface area contributed by atoms with Gasteiger partial charge in [0.1, 0.15) is 0 Å². The average molecular weight is 224 g/mol. The Hall–Kier alpha value is -1.39. The molecule has 1 saturated carbocycles. The van der Waals surface area contributed by atoms with Crippen LogP contribution in [0.5, 0.6) is 0 Å². The molecular formula is C11H17FN4. The number of rotatable bonds is 4. The summed E-state index contributed by atoms with van der Waals surface area (Å²) in [5.41, 5.74) is 0. The second kappa shape index (κ2) is 5.09. The minimum atomic E-state index is -0.381. The van der Waals surface area contributed by atoms with Crippen LogP contribution in [0, 0.1) is 5.82 Å². The lowest BCUT2D eigenvalue weighted by molar-refractivity contribution is 0.610. The Morgan fingerprint density at radius 2 is 2.19 bits per heavy atom. The van der Waals surface area contributed by atoms with Gasteiger partial charge in [-0.05, 0) is 19.8 Å². The Bertz CT molecular complexity index is 350. The molecule has 0 radical (unpaired) electrons. The minimum Gasteiger partial charge on any atom is -0.365 e. The summed E-state index contributed by atoms with van der Waals surface area (Å²) in [6.07, 6.45) is 5.83. The van der Waals surface area contributed by atoms with E-state index < -0.39 is 0 Å². The predicted octanol–water partition coefficient (Wildman–Crippen LogP) is 2.40. The Labute approximate surface area is 94.7 Å². The summed E-state index contributed by atoms with van der Waals surface area (Å²) in [6, 6.07) is 0.360. The quantitative estimate of drug-likeness (QED) is 0.824. The minimum absolute atomic E-state index is 0.317. The van der Waals surface area contributed by atoms with Crippen molar-refractivity contribution < 1.29 is 4.39 Å². The van der Waals surface area contributed by atoms with Crippen LogP contribution in [-0.2, 0) is 0 Å². The number of hydrogen-bond donors (Lipinski definition) is 2. The van der Waals surface area contributed by atoms with Crippen molar-refractivity contribution in [2.45, 2.75) is 38.6 Å². The molecule has 1 heterocycles. The second-order valence-corrected chi connectivity index (χ2v) is 4.05. The van der Waals surface area contributed by atoms with Crippen molar-refractivity contribution in [3.8, 4) is 0 Å². The number of nitrogens with zero attached hydrogens (tertiary/aromatic N) is 2. The highest BCUT2D eigenvalue weighted by Crippen LogP contribution is 2.22. The van der Waals surface area contributed by atoms with Crippen LogP contribution in [0.1, 0.15) is 32.6 Å². The van der Waals surface area contributed by atoms with Crippen molar-refractivity contribution in [3.63, 3.8) is 0 Å². The predicted molar refractivity (Wildman–Crippen MR) is 62.0 cm³/mol. The average Bonchev–Trinajstić information content (AvgIpc) is 2.76. The van der Waals surface area contributed by atoms with Crippen LogP contribution in [0.15, 0.2) is 6.20 Å². The molecule has 0 bridgehead atoms. The lowest BCUT2D eigenvalue weighted by Crippen LogP contribution is -2.17. The summed E-state index contributed by atoms with van der Waals surface area (Å²) in [5.74, 6) is 0.413. The van der Waals surface area contributed by atoms with E-state index in [0.29, 0.717) is 17.8 Å². The first-order valence-corrected chi connectivity index (χ1v) is 5.82. The molecule has 16 heavy (non-hydrogen) atoms. The number of hydrogen-bond acceptors (Lipinski definition) is 4. The molecule has 5 heteroatoms. The Morgan fingerprint density at radius 3 is 2.88 bits per heavy atom. The summed E-state index contributed by atoms with van der Waals surface area (Å²) in [7, 11) is 0. The number of aromatic nitrogens is 2. The molecule has 0 amide bonds. The Balaban J connectivity index is 2.08. The molecule has 0 unspecified atom stereocenters. The van der Waals surface area contributed by atoms with Gasteiger partial charge in [-0.2, -0.15) is 4.98 Å². The molecule has 1 aliphatic carbocycles. The van der Waals surface area contributed by atoms with Crippen molar-refractivity contribution in [1.29, 1.82) is 0 Å². The molecule has 1 fully saturated rings. The van der Waals surface area contributed by atoms with E-state index in [1.807, 2.05) is 6.92 Å². The molecule has 0 saturated heterocycles. The molecule has 1 aliphatic rings. The monoisotopic (exact) mass is 224 g/mol. The normalized spacial score (nSPS) is 16.4. The van der Waals surface area contributed by atoms with E-state index in [0.717, 1.165) is 19.4 Å². The highest BCUT2D eigenvalue weighted by Gasteiger charge is 2.17. The maximum atomic E-state index is 13.4. The molecule has 2 N–H and O–H groups in total. The van der Waals surface area contributed by atoms with Gasteiger partial charge in [-0.1, -0.05) is 12.8 Å². The largest absolute Gasteiger partial charge is 0.365 e. The van der Waals surface area contributed by atoms with Crippen molar-refractivity contribution in [3.05, 3.63) is 12.0 Å². The van der Waals surface area contributed by atoms with Gasteiger partial charge in [-0.25, -0.2) is 9.37 Å². The van der Waals surface area contributed by atoms with Crippen LogP contribution in [0.25, 0.3) is 0 Å². The van der Waals surface area contributed by atoms with E-state index in [9.17, 15) is 4.39 Å². The van der Waals surface area contributed by atoms with Crippen LogP contribution in [0.3, 0.4) is 0 Å². The maximum absolute atomic E-state index is 13.4. The fraction of sp³-hybridized carbons (Fsp3) is 0.636. The van der Waals surface area contributed by atoms with E-state index in [-0.39, 0.29) is 5.82 Å². The molecule has 0 aromatic carbocycles. The summed E-state index contributed by atoms with van der Waals surface area (Å²) in [4.78, 5) is 7.98. The third kappa shape index (κ3) is 2.59. The Kier molecular flexibility index (Phi) is 3.54. The van der Waals surface area contributed by atoms with Crippen molar-refractivity contribution in [2.24, 2.45) is 0 Å². The summed E-state index contributed by atoms with van der Waals surface area (Å²) >= 11 is 0. The zero-order valence-electron chi connectivity index (χ0n) is 9.46. The van der Waals surface area contributed by atoms with Gasteiger partial charge in [0, 0.05) is 12.6 Å². The Morgan fingerprint density at radius 1 is 1.44 bits per heavy atom. The first-order valence-electron chi connectivity index (χ1n) is 5.82. The molecule has 0 aliphatic heterocycles. The molecule has 0 spiro atoms. The fourth-order valence-electron chi connectivity index (χ4n) is 1.98. The SMILES string of the molecule is CCNc1ncc(F)c(NC2CCCC2)n1. The summed E-state index contributed by atoms with van der Waals surface area (Å²) < 4.78 is 13.4. The molecule has 0 atom stereocenters.